The first-order valence-electron chi connectivity index (χ1n) is 8.55. The van der Waals surface area contributed by atoms with Gasteiger partial charge in [0.2, 0.25) is 5.28 Å². The van der Waals surface area contributed by atoms with E-state index in [1.54, 1.807) is 0 Å². The standard InChI is InChI=1S/C19H22ClN3S/c1-11(2)23-13-8-5-7-12(15(13)21-18(23)20)17-22-16-14(24-17)9-6-10-19(16,3)4/h5,7-8,11H,6,9-10H2,1-4H3. The SMILES string of the molecule is CC(C)n1c(Cl)nc2c(-c3nc4c(s3)CCCC4(C)C)cccc21. The van der Waals surface area contributed by atoms with Gasteiger partial charge in [0, 0.05) is 21.9 Å². The van der Waals surface area contributed by atoms with Crippen LogP contribution in [0.1, 0.15) is 57.1 Å². The third kappa shape index (κ3) is 2.39. The highest BCUT2D eigenvalue weighted by atomic mass is 35.5. The van der Waals surface area contributed by atoms with Crippen molar-refractivity contribution >= 4 is 34.0 Å². The van der Waals surface area contributed by atoms with E-state index in [0.29, 0.717) is 5.28 Å². The first-order valence-corrected chi connectivity index (χ1v) is 9.75. The van der Waals surface area contributed by atoms with Gasteiger partial charge in [0.1, 0.15) is 10.5 Å². The molecule has 0 bridgehead atoms. The Hall–Kier alpha value is -1.39. The van der Waals surface area contributed by atoms with Crippen LogP contribution >= 0.6 is 22.9 Å². The second kappa shape index (κ2) is 5.57. The lowest BCUT2D eigenvalue weighted by molar-refractivity contribution is 0.424. The van der Waals surface area contributed by atoms with Gasteiger partial charge in [-0.15, -0.1) is 11.3 Å². The largest absolute Gasteiger partial charge is 0.312 e. The highest BCUT2D eigenvalue weighted by molar-refractivity contribution is 7.15. The Morgan fingerprint density at radius 3 is 2.75 bits per heavy atom. The molecule has 1 aliphatic carbocycles. The Labute approximate surface area is 151 Å². The predicted octanol–water partition coefficient (Wildman–Crippen LogP) is 6.01. The Bertz CT molecular complexity index is 920. The molecule has 1 aromatic carbocycles. The average molecular weight is 360 g/mol. The smallest absolute Gasteiger partial charge is 0.204 e. The molecule has 24 heavy (non-hydrogen) atoms. The first kappa shape index (κ1) is 16.1. The molecular weight excluding hydrogens is 338 g/mol. The lowest BCUT2D eigenvalue weighted by Crippen LogP contribution is -2.23. The van der Waals surface area contributed by atoms with Gasteiger partial charge < -0.3 is 4.57 Å². The lowest BCUT2D eigenvalue weighted by atomic mass is 9.79. The van der Waals surface area contributed by atoms with Crippen LogP contribution in [0, 0.1) is 0 Å². The minimum Gasteiger partial charge on any atom is -0.312 e. The molecule has 0 atom stereocenters. The summed E-state index contributed by atoms with van der Waals surface area (Å²) in [7, 11) is 0. The summed E-state index contributed by atoms with van der Waals surface area (Å²) in [5.74, 6) is 0. The molecule has 2 aromatic heterocycles. The fraction of sp³-hybridized carbons (Fsp3) is 0.474. The molecular formula is C19H22ClN3S. The number of rotatable bonds is 2. The van der Waals surface area contributed by atoms with Crippen LogP contribution in [0.2, 0.25) is 5.28 Å². The third-order valence-electron chi connectivity index (χ3n) is 4.97. The van der Waals surface area contributed by atoms with Crippen molar-refractivity contribution in [3.8, 4) is 10.6 Å². The maximum absolute atomic E-state index is 6.40. The highest BCUT2D eigenvalue weighted by Gasteiger charge is 2.31. The fourth-order valence-corrected chi connectivity index (χ4v) is 5.41. The fourth-order valence-electron chi connectivity index (χ4n) is 3.73. The van der Waals surface area contributed by atoms with Crippen LogP contribution in [0.4, 0.5) is 0 Å². The molecule has 0 N–H and O–H groups in total. The average Bonchev–Trinajstić information content (AvgIpc) is 3.07. The van der Waals surface area contributed by atoms with Gasteiger partial charge in [0.05, 0.1) is 11.2 Å². The van der Waals surface area contributed by atoms with E-state index in [1.807, 2.05) is 11.3 Å². The van der Waals surface area contributed by atoms with Gasteiger partial charge in [-0.2, -0.15) is 0 Å². The number of imidazole rings is 1. The van der Waals surface area contributed by atoms with Crippen LogP contribution in [-0.2, 0) is 11.8 Å². The van der Waals surface area contributed by atoms with Gasteiger partial charge in [0.15, 0.2) is 0 Å². The van der Waals surface area contributed by atoms with E-state index >= 15 is 0 Å². The summed E-state index contributed by atoms with van der Waals surface area (Å²) in [4.78, 5) is 11.1. The Morgan fingerprint density at radius 1 is 1.25 bits per heavy atom. The zero-order valence-corrected chi connectivity index (χ0v) is 16.1. The van der Waals surface area contributed by atoms with E-state index in [1.165, 1.54) is 23.4 Å². The summed E-state index contributed by atoms with van der Waals surface area (Å²) in [6.07, 6.45) is 3.61. The van der Waals surface area contributed by atoms with Crippen molar-refractivity contribution in [3.05, 3.63) is 34.1 Å². The van der Waals surface area contributed by atoms with Gasteiger partial charge in [-0.1, -0.05) is 19.9 Å². The van der Waals surface area contributed by atoms with Crippen LogP contribution in [0.25, 0.3) is 21.6 Å². The third-order valence-corrected chi connectivity index (χ3v) is 6.38. The number of aryl methyl sites for hydroxylation is 1. The molecule has 0 spiro atoms. The van der Waals surface area contributed by atoms with Gasteiger partial charge in [-0.05, 0) is 56.8 Å². The maximum atomic E-state index is 6.40. The number of thiazole rings is 1. The van der Waals surface area contributed by atoms with Crippen molar-refractivity contribution in [1.82, 2.24) is 14.5 Å². The first-order chi connectivity index (χ1) is 11.4. The van der Waals surface area contributed by atoms with Crippen LogP contribution in [0.5, 0.6) is 0 Å². The lowest BCUT2D eigenvalue weighted by Gasteiger charge is -2.28. The quantitative estimate of drug-likeness (QED) is 0.561. The van der Waals surface area contributed by atoms with E-state index in [0.717, 1.165) is 28.0 Å². The Morgan fingerprint density at radius 2 is 2.04 bits per heavy atom. The number of halogens is 1. The van der Waals surface area contributed by atoms with Crippen LogP contribution in [0.3, 0.4) is 0 Å². The second-order valence-corrected chi connectivity index (χ2v) is 8.97. The molecule has 2 heterocycles. The van der Waals surface area contributed by atoms with E-state index in [9.17, 15) is 0 Å². The zero-order valence-electron chi connectivity index (χ0n) is 14.6. The number of hydrogen-bond acceptors (Lipinski definition) is 3. The molecule has 3 nitrogen and oxygen atoms in total. The molecule has 0 saturated carbocycles. The van der Waals surface area contributed by atoms with E-state index in [-0.39, 0.29) is 11.5 Å². The molecule has 0 radical (unpaired) electrons. The number of benzene rings is 1. The van der Waals surface area contributed by atoms with Crippen molar-refractivity contribution in [2.24, 2.45) is 0 Å². The van der Waals surface area contributed by atoms with E-state index in [4.69, 9.17) is 16.6 Å². The Balaban J connectivity index is 1.92. The number of aromatic nitrogens is 3. The normalized spacial score (nSPS) is 16.8. The molecule has 0 fully saturated rings. The van der Waals surface area contributed by atoms with Crippen molar-refractivity contribution in [3.63, 3.8) is 0 Å². The minimum atomic E-state index is 0.172. The van der Waals surface area contributed by atoms with Gasteiger partial charge >= 0.3 is 0 Å². The molecule has 1 aliphatic rings. The summed E-state index contributed by atoms with van der Waals surface area (Å²) in [5, 5.41) is 1.62. The van der Waals surface area contributed by atoms with Crippen molar-refractivity contribution < 1.29 is 0 Å². The number of nitrogens with zero attached hydrogens (tertiary/aromatic N) is 3. The Kier molecular flexibility index (Phi) is 3.73. The number of para-hydroxylation sites is 1. The molecule has 0 unspecified atom stereocenters. The molecule has 0 aliphatic heterocycles. The van der Waals surface area contributed by atoms with Gasteiger partial charge in [0.25, 0.3) is 0 Å². The molecule has 5 heteroatoms. The zero-order chi connectivity index (χ0) is 17.1. The van der Waals surface area contributed by atoms with E-state index < -0.39 is 0 Å². The topological polar surface area (TPSA) is 30.7 Å². The second-order valence-electron chi connectivity index (χ2n) is 7.55. The van der Waals surface area contributed by atoms with E-state index in [2.05, 4.69) is 55.4 Å². The highest BCUT2D eigenvalue weighted by Crippen LogP contribution is 2.43. The molecule has 3 aromatic rings. The number of hydrogen-bond donors (Lipinski definition) is 0. The summed E-state index contributed by atoms with van der Waals surface area (Å²) < 4.78 is 2.08. The van der Waals surface area contributed by atoms with Crippen molar-refractivity contribution in [1.29, 1.82) is 0 Å². The monoisotopic (exact) mass is 359 g/mol. The van der Waals surface area contributed by atoms with Gasteiger partial charge in [-0.3, -0.25) is 0 Å². The summed E-state index contributed by atoms with van der Waals surface area (Å²) in [6, 6.07) is 6.57. The molecule has 126 valence electrons. The molecule has 0 saturated heterocycles. The summed E-state index contributed by atoms with van der Waals surface area (Å²) in [5.41, 5.74) is 4.59. The summed E-state index contributed by atoms with van der Waals surface area (Å²) >= 11 is 8.23. The maximum Gasteiger partial charge on any atom is 0.204 e. The van der Waals surface area contributed by atoms with Crippen LogP contribution < -0.4 is 0 Å². The molecule has 4 rings (SSSR count). The predicted molar refractivity (Wildman–Crippen MR) is 102 cm³/mol. The minimum absolute atomic E-state index is 0.172. The molecule has 0 amide bonds. The van der Waals surface area contributed by atoms with Gasteiger partial charge in [-0.25, -0.2) is 9.97 Å². The van der Waals surface area contributed by atoms with Crippen molar-refractivity contribution in [2.45, 2.75) is 58.4 Å². The van der Waals surface area contributed by atoms with Crippen molar-refractivity contribution in [2.75, 3.05) is 0 Å². The van der Waals surface area contributed by atoms with Crippen LogP contribution in [-0.4, -0.2) is 14.5 Å². The summed E-state index contributed by atoms with van der Waals surface area (Å²) in [6.45, 7) is 8.87. The van der Waals surface area contributed by atoms with Crippen LogP contribution in [0.15, 0.2) is 18.2 Å². The number of fused-ring (bicyclic) bond motifs is 2.